The van der Waals surface area contributed by atoms with Gasteiger partial charge in [-0.05, 0) is 80.1 Å². The highest BCUT2D eigenvalue weighted by Gasteiger charge is 2.32. The molecule has 150 valence electrons. The van der Waals surface area contributed by atoms with E-state index in [1.807, 2.05) is 24.3 Å². The van der Waals surface area contributed by atoms with E-state index in [0.717, 1.165) is 29.4 Å². The lowest BCUT2D eigenvalue weighted by atomic mass is 9.81. The molecule has 3 aromatic rings. The monoisotopic (exact) mass is 404 g/mol. The molecule has 0 spiro atoms. The number of aromatic nitrogens is 1. The molecular formula is C25H28N2OS. The van der Waals surface area contributed by atoms with Crippen LogP contribution in [0.25, 0.3) is 10.9 Å². The molecule has 0 saturated heterocycles. The Hall–Kier alpha value is -2.59. The number of methoxy groups -OCH3 is 1. The highest BCUT2D eigenvalue weighted by molar-refractivity contribution is 7.81. The van der Waals surface area contributed by atoms with Gasteiger partial charge in [-0.2, -0.15) is 0 Å². The molecule has 1 unspecified atom stereocenters. The summed E-state index contributed by atoms with van der Waals surface area (Å²) in [7, 11) is 1.69. The van der Waals surface area contributed by atoms with E-state index in [1.165, 1.54) is 47.0 Å². The number of nitrogens with zero attached hydrogens (tertiary/aromatic N) is 1. The van der Waals surface area contributed by atoms with E-state index in [4.69, 9.17) is 17.0 Å². The number of rotatable bonds is 3. The molecule has 3 nitrogen and oxygen atoms in total. The van der Waals surface area contributed by atoms with Gasteiger partial charge in [0, 0.05) is 36.2 Å². The van der Waals surface area contributed by atoms with Crippen LogP contribution in [0.4, 0.5) is 5.69 Å². The van der Waals surface area contributed by atoms with Crippen molar-refractivity contribution in [1.82, 2.24) is 4.57 Å². The summed E-state index contributed by atoms with van der Waals surface area (Å²) < 4.78 is 7.83. The molecule has 0 saturated carbocycles. The van der Waals surface area contributed by atoms with Crippen LogP contribution in [0.1, 0.15) is 43.4 Å². The Morgan fingerprint density at radius 1 is 1.21 bits per heavy atom. The normalized spacial score (nSPS) is 18.0. The van der Waals surface area contributed by atoms with Gasteiger partial charge >= 0.3 is 0 Å². The Kier molecular flexibility index (Phi) is 4.67. The Labute approximate surface area is 178 Å². The Morgan fingerprint density at radius 3 is 2.83 bits per heavy atom. The Balaban J connectivity index is 0.00000218. The number of ether oxygens (including phenoxy) is 1. The number of allylic oxidation sites excluding steroid dienone is 1. The first-order valence-electron chi connectivity index (χ1n) is 10.4. The lowest BCUT2D eigenvalue weighted by Crippen LogP contribution is -2.21. The molecule has 5 rings (SSSR count). The maximum Gasteiger partial charge on any atom is 0.119 e. The standard InChI is InChI=1S/C25H26N2OS.H2/c1-16-8-13-23-22(15-16)20-6-3-5-19-21(7-4-14-27(23)24(19)20)25(29)26-17-9-11-18(28-2)12-10-17;/h7-13,15,19H,3-6,14H2,1-2H3,(H,26,29);1H. The summed E-state index contributed by atoms with van der Waals surface area (Å²) in [6, 6.07) is 14.9. The molecule has 1 aliphatic heterocycles. The third-order valence-corrected chi connectivity index (χ3v) is 6.66. The first-order chi connectivity index (χ1) is 14.2. The zero-order valence-electron chi connectivity index (χ0n) is 17.0. The minimum atomic E-state index is 0. The molecule has 29 heavy (non-hydrogen) atoms. The predicted molar refractivity (Wildman–Crippen MR) is 126 cm³/mol. The van der Waals surface area contributed by atoms with Crippen LogP contribution in [-0.4, -0.2) is 16.7 Å². The molecule has 0 fully saturated rings. The minimum absolute atomic E-state index is 0. The molecule has 4 heteroatoms. The number of aryl methyl sites for hydroxylation is 3. The van der Waals surface area contributed by atoms with Crippen molar-refractivity contribution in [2.45, 2.75) is 45.1 Å². The van der Waals surface area contributed by atoms with Gasteiger partial charge in [-0.15, -0.1) is 0 Å². The first kappa shape index (κ1) is 18.4. The van der Waals surface area contributed by atoms with Crippen LogP contribution in [0.15, 0.2) is 54.1 Å². The predicted octanol–water partition coefficient (Wildman–Crippen LogP) is 6.39. The summed E-state index contributed by atoms with van der Waals surface area (Å²) in [5, 5.41) is 4.92. The van der Waals surface area contributed by atoms with Crippen molar-refractivity contribution in [3.8, 4) is 5.75 Å². The van der Waals surface area contributed by atoms with Crippen LogP contribution in [0.5, 0.6) is 5.75 Å². The molecule has 1 aromatic heterocycles. The average Bonchev–Trinajstić information content (AvgIpc) is 2.91. The summed E-state index contributed by atoms with van der Waals surface area (Å²) in [6.07, 6.45) is 6.93. The number of fused-ring (bicyclic) bond motifs is 3. The summed E-state index contributed by atoms with van der Waals surface area (Å²) in [5.74, 6) is 1.24. The third-order valence-electron chi connectivity index (χ3n) is 6.32. The maximum absolute atomic E-state index is 5.90. The Bertz CT molecular complexity index is 1130. The SMILES string of the molecule is COc1ccc(NC(=S)C2=CCCn3c4c(c5cc(C)ccc53)CCCC24)cc1.[HH]. The van der Waals surface area contributed by atoms with Crippen molar-refractivity contribution in [2.75, 3.05) is 12.4 Å². The maximum atomic E-state index is 5.90. The smallest absolute Gasteiger partial charge is 0.119 e. The fourth-order valence-electron chi connectivity index (χ4n) is 5.00. The lowest BCUT2D eigenvalue weighted by molar-refractivity contribution is 0.415. The van der Waals surface area contributed by atoms with Gasteiger partial charge in [0.15, 0.2) is 0 Å². The van der Waals surface area contributed by atoms with Gasteiger partial charge in [0.05, 0.1) is 7.11 Å². The molecule has 1 N–H and O–H groups in total. The van der Waals surface area contributed by atoms with Gasteiger partial charge in [0.25, 0.3) is 0 Å². The largest absolute Gasteiger partial charge is 0.497 e. The zero-order chi connectivity index (χ0) is 20.0. The fourth-order valence-corrected chi connectivity index (χ4v) is 5.35. The first-order valence-corrected chi connectivity index (χ1v) is 10.8. The van der Waals surface area contributed by atoms with E-state index in [-0.39, 0.29) is 1.43 Å². The third kappa shape index (κ3) is 3.16. The van der Waals surface area contributed by atoms with Gasteiger partial charge in [-0.1, -0.05) is 29.9 Å². The Morgan fingerprint density at radius 2 is 2.03 bits per heavy atom. The molecule has 2 aromatic carbocycles. The van der Waals surface area contributed by atoms with Gasteiger partial charge in [0.2, 0.25) is 0 Å². The van der Waals surface area contributed by atoms with Gasteiger partial charge < -0.3 is 14.6 Å². The second-order valence-corrected chi connectivity index (χ2v) is 8.52. The van der Waals surface area contributed by atoms with Crippen molar-refractivity contribution in [3.05, 3.63) is 70.9 Å². The number of hydrogen-bond donors (Lipinski definition) is 1. The van der Waals surface area contributed by atoms with E-state index in [1.54, 1.807) is 12.7 Å². The van der Waals surface area contributed by atoms with Gasteiger partial charge in [-0.3, -0.25) is 0 Å². The fraction of sp³-hybridized carbons (Fsp3) is 0.320. The van der Waals surface area contributed by atoms with Crippen molar-refractivity contribution in [1.29, 1.82) is 0 Å². The second-order valence-electron chi connectivity index (χ2n) is 8.11. The van der Waals surface area contributed by atoms with E-state index >= 15 is 0 Å². The number of thiocarbonyl (C=S) groups is 1. The second kappa shape index (κ2) is 7.34. The van der Waals surface area contributed by atoms with E-state index in [9.17, 15) is 0 Å². The van der Waals surface area contributed by atoms with Crippen LogP contribution in [0, 0.1) is 6.92 Å². The minimum Gasteiger partial charge on any atom is -0.497 e. The van der Waals surface area contributed by atoms with Crippen LogP contribution in [0.2, 0.25) is 0 Å². The molecule has 1 aliphatic carbocycles. The van der Waals surface area contributed by atoms with Crippen LogP contribution >= 0.6 is 12.2 Å². The summed E-state index contributed by atoms with van der Waals surface area (Å²) >= 11 is 5.90. The van der Waals surface area contributed by atoms with Crippen LogP contribution < -0.4 is 10.1 Å². The van der Waals surface area contributed by atoms with Crippen LogP contribution in [0.3, 0.4) is 0 Å². The van der Waals surface area contributed by atoms with E-state index in [0.29, 0.717) is 5.92 Å². The number of anilines is 1. The average molecular weight is 405 g/mol. The van der Waals surface area contributed by atoms with Crippen molar-refractivity contribution < 1.29 is 6.16 Å². The van der Waals surface area contributed by atoms with Crippen molar-refractivity contribution >= 4 is 33.8 Å². The van der Waals surface area contributed by atoms with Gasteiger partial charge in [0.1, 0.15) is 10.7 Å². The van der Waals surface area contributed by atoms with Crippen molar-refractivity contribution in [3.63, 3.8) is 0 Å². The summed E-state index contributed by atoms with van der Waals surface area (Å²) in [4.78, 5) is 0.850. The summed E-state index contributed by atoms with van der Waals surface area (Å²) in [5.41, 5.74) is 8.06. The van der Waals surface area contributed by atoms with E-state index < -0.39 is 0 Å². The highest BCUT2D eigenvalue weighted by atomic mass is 32.1. The van der Waals surface area contributed by atoms with E-state index in [2.05, 4.69) is 41.1 Å². The molecule has 2 aliphatic rings. The lowest BCUT2D eigenvalue weighted by Gasteiger charge is -2.27. The highest BCUT2D eigenvalue weighted by Crippen LogP contribution is 2.44. The molecular weight excluding hydrogens is 376 g/mol. The topological polar surface area (TPSA) is 26.2 Å². The molecule has 1 atom stereocenters. The molecule has 0 bridgehead atoms. The molecule has 0 amide bonds. The number of benzene rings is 2. The van der Waals surface area contributed by atoms with Gasteiger partial charge in [-0.25, -0.2) is 0 Å². The van der Waals surface area contributed by atoms with Crippen molar-refractivity contribution in [2.24, 2.45) is 0 Å². The molecule has 2 heterocycles. The zero-order valence-corrected chi connectivity index (χ0v) is 17.8. The number of hydrogen-bond acceptors (Lipinski definition) is 2. The number of nitrogens with one attached hydrogen (secondary N) is 1. The molecule has 0 radical (unpaired) electrons. The quantitative estimate of drug-likeness (QED) is 0.512. The van der Waals surface area contributed by atoms with Crippen LogP contribution in [-0.2, 0) is 13.0 Å². The summed E-state index contributed by atoms with van der Waals surface area (Å²) in [6.45, 7) is 3.22.